The highest BCUT2D eigenvalue weighted by atomic mass is 79.9. The van der Waals surface area contributed by atoms with Crippen LogP contribution in [-0.4, -0.2) is 50.9 Å². The van der Waals surface area contributed by atoms with Crippen molar-refractivity contribution in [3.8, 4) is 5.75 Å². The number of nitrogens with zero attached hydrogens (tertiary/aromatic N) is 2. The zero-order valence-corrected chi connectivity index (χ0v) is 25.0. The molecule has 3 rings (SSSR count). The second-order valence-corrected chi connectivity index (χ2v) is 11.8. The van der Waals surface area contributed by atoms with E-state index in [2.05, 4.69) is 21.2 Å². The minimum absolute atomic E-state index is 0.0688. The first-order valence-corrected chi connectivity index (χ1v) is 15.1. The van der Waals surface area contributed by atoms with Gasteiger partial charge in [0.25, 0.3) is 10.0 Å². The van der Waals surface area contributed by atoms with Crippen LogP contribution in [0.25, 0.3) is 0 Å². The molecule has 0 unspecified atom stereocenters. The first-order valence-electron chi connectivity index (χ1n) is 12.9. The maximum atomic E-state index is 13.9. The monoisotopic (exact) mass is 633 g/mol. The van der Waals surface area contributed by atoms with Gasteiger partial charge in [-0.05, 0) is 86.5 Å². The molecule has 11 heteroatoms. The van der Waals surface area contributed by atoms with Crippen LogP contribution in [0.2, 0.25) is 0 Å². The lowest BCUT2D eigenvalue weighted by Crippen LogP contribution is -2.51. The van der Waals surface area contributed by atoms with Crippen LogP contribution in [0, 0.1) is 5.82 Å². The molecular weight excluding hydrogens is 601 g/mol. The van der Waals surface area contributed by atoms with Crippen LogP contribution >= 0.6 is 15.9 Å². The lowest BCUT2D eigenvalue weighted by Gasteiger charge is -2.32. The first-order chi connectivity index (χ1) is 19.1. The Bertz CT molecular complexity index is 1400. The molecule has 0 radical (unpaired) electrons. The lowest BCUT2D eigenvalue weighted by molar-refractivity contribution is -0.139. The number of sulfonamides is 1. The normalized spacial score (nSPS) is 11.9. The van der Waals surface area contributed by atoms with Gasteiger partial charge in [0.1, 0.15) is 24.2 Å². The van der Waals surface area contributed by atoms with Crippen molar-refractivity contribution in [1.82, 2.24) is 10.2 Å². The molecule has 8 nitrogen and oxygen atoms in total. The molecular formula is C29H33BrFN3O5S. The smallest absolute Gasteiger partial charge is 0.264 e. The summed E-state index contributed by atoms with van der Waals surface area (Å²) in [6, 6.07) is 17.1. The van der Waals surface area contributed by atoms with E-state index in [4.69, 9.17) is 4.74 Å². The Labute approximate surface area is 243 Å². The van der Waals surface area contributed by atoms with Gasteiger partial charge in [0, 0.05) is 17.6 Å². The number of carbonyl (C=O) groups excluding carboxylic acids is 2. The van der Waals surface area contributed by atoms with Gasteiger partial charge < -0.3 is 15.0 Å². The quantitative estimate of drug-likeness (QED) is 0.282. The van der Waals surface area contributed by atoms with Gasteiger partial charge in [-0.3, -0.25) is 13.9 Å². The Balaban J connectivity index is 2.01. The van der Waals surface area contributed by atoms with Crippen molar-refractivity contribution in [2.45, 2.75) is 44.7 Å². The summed E-state index contributed by atoms with van der Waals surface area (Å²) in [5, 5.41) is 2.80. The number of ether oxygens (including phenoxy) is 1. The van der Waals surface area contributed by atoms with Crippen molar-refractivity contribution in [2.24, 2.45) is 0 Å². The van der Waals surface area contributed by atoms with Gasteiger partial charge in [0.15, 0.2) is 0 Å². The maximum Gasteiger partial charge on any atom is 0.264 e. The molecule has 214 valence electrons. The Kier molecular flexibility index (Phi) is 11.1. The lowest BCUT2D eigenvalue weighted by atomic mass is 10.1. The van der Waals surface area contributed by atoms with Crippen LogP contribution in [0.15, 0.2) is 82.2 Å². The van der Waals surface area contributed by atoms with Crippen molar-refractivity contribution >= 4 is 43.5 Å². The van der Waals surface area contributed by atoms with Gasteiger partial charge in [-0.25, -0.2) is 12.8 Å². The highest BCUT2D eigenvalue weighted by molar-refractivity contribution is 9.10. The molecule has 0 heterocycles. The fourth-order valence-corrected chi connectivity index (χ4v) is 5.81. The molecule has 0 fully saturated rings. The highest BCUT2D eigenvalue weighted by Gasteiger charge is 2.32. The van der Waals surface area contributed by atoms with E-state index < -0.39 is 34.3 Å². The van der Waals surface area contributed by atoms with Crippen LogP contribution < -0.4 is 14.4 Å². The van der Waals surface area contributed by atoms with Gasteiger partial charge in [0.2, 0.25) is 11.8 Å². The third-order valence-electron chi connectivity index (χ3n) is 6.07. The molecule has 40 heavy (non-hydrogen) atoms. The summed E-state index contributed by atoms with van der Waals surface area (Å²) >= 11 is 3.42. The zero-order chi connectivity index (χ0) is 29.3. The number of amides is 2. The van der Waals surface area contributed by atoms with Gasteiger partial charge >= 0.3 is 0 Å². The Morgan fingerprint density at radius 2 is 1.70 bits per heavy atom. The number of carbonyl (C=O) groups is 2. The van der Waals surface area contributed by atoms with Crippen LogP contribution in [0.3, 0.4) is 0 Å². The van der Waals surface area contributed by atoms with E-state index in [9.17, 15) is 22.4 Å². The third kappa shape index (κ3) is 8.04. The molecule has 1 atom stereocenters. The van der Waals surface area contributed by atoms with Crippen molar-refractivity contribution in [2.75, 3.05) is 24.0 Å². The Morgan fingerprint density at radius 3 is 2.30 bits per heavy atom. The largest absolute Gasteiger partial charge is 0.494 e. The summed E-state index contributed by atoms with van der Waals surface area (Å²) in [6.07, 6.45) is 0.719. The van der Waals surface area contributed by atoms with E-state index in [1.54, 1.807) is 6.92 Å². The molecule has 0 spiro atoms. The molecule has 3 aromatic carbocycles. The summed E-state index contributed by atoms with van der Waals surface area (Å²) in [6.45, 7) is 5.65. The van der Waals surface area contributed by atoms with E-state index >= 15 is 0 Å². The Hall–Kier alpha value is -3.44. The van der Waals surface area contributed by atoms with Gasteiger partial charge in [-0.15, -0.1) is 0 Å². The molecule has 1 N–H and O–H groups in total. The van der Waals surface area contributed by atoms with Crippen molar-refractivity contribution in [3.05, 3.63) is 88.6 Å². The van der Waals surface area contributed by atoms with E-state index in [-0.39, 0.29) is 23.0 Å². The van der Waals surface area contributed by atoms with Crippen molar-refractivity contribution in [1.29, 1.82) is 0 Å². The molecule has 0 saturated carbocycles. The topological polar surface area (TPSA) is 96.0 Å². The molecule has 0 aromatic heterocycles. The predicted molar refractivity (Wildman–Crippen MR) is 156 cm³/mol. The van der Waals surface area contributed by atoms with Crippen LogP contribution in [0.4, 0.5) is 10.1 Å². The SMILES string of the molecule is CCCNC(=O)[C@H](C)N(Cc1cccc(Br)c1)C(=O)CN(c1ccc(F)cc1)S(=O)(=O)c1ccc(OCC)cc1. The van der Waals surface area contributed by atoms with Crippen molar-refractivity contribution in [3.63, 3.8) is 0 Å². The summed E-state index contributed by atoms with van der Waals surface area (Å²) < 4.78 is 48.5. The number of rotatable bonds is 13. The Morgan fingerprint density at radius 1 is 1.02 bits per heavy atom. The molecule has 0 saturated heterocycles. The maximum absolute atomic E-state index is 13.9. The number of nitrogens with one attached hydrogen (secondary N) is 1. The second-order valence-electron chi connectivity index (χ2n) is 9.01. The minimum Gasteiger partial charge on any atom is -0.494 e. The van der Waals surface area contributed by atoms with E-state index in [1.807, 2.05) is 38.1 Å². The van der Waals surface area contributed by atoms with E-state index in [0.717, 1.165) is 32.9 Å². The predicted octanol–water partition coefficient (Wildman–Crippen LogP) is 5.13. The van der Waals surface area contributed by atoms with Gasteiger partial charge in [0.05, 0.1) is 17.2 Å². The van der Waals surface area contributed by atoms with Crippen molar-refractivity contribution < 1.29 is 27.1 Å². The standard InChI is InChI=1S/C29H33BrFN3O5S/c1-4-17-32-29(36)21(3)33(19-22-7-6-8-23(30)18-22)28(35)20-34(25-11-9-24(31)10-12-25)40(37,38)27-15-13-26(14-16-27)39-5-2/h6-16,18,21H,4-5,17,19-20H2,1-3H3,(H,32,36)/t21-/m0/s1. The molecule has 0 aliphatic heterocycles. The summed E-state index contributed by atoms with van der Waals surface area (Å²) in [4.78, 5) is 28.0. The zero-order valence-electron chi connectivity index (χ0n) is 22.6. The molecule has 0 aliphatic rings. The molecule has 0 bridgehead atoms. The summed E-state index contributed by atoms with van der Waals surface area (Å²) in [7, 11) is -4.27. The number of halogens is 2. The van der Waals surface area contributed by atoms with E-state index in [0.29, 0.717) is 18.9 Å². The average molecular weight is 635 g/mol. The molecule has 3 aromatic rings. The van der Waals surface area contributed by atoms with Gasteiger partial charge in [-0.2, -0.15) is 0 Å². The van der Waals surface area contributed by atoms with Gasteiger partial charge in [-0.1, -0.05) is 35.0 Å². The average Bonchev–Trinajstić information content (AvgIpc) is 2.94. The van der Waals surface area contributed by atoms with E-state index in [1.165, 1.54) is 41.3 Å². The number of benzene rings is 3. The molecule has 2 amide bonds. The van der Waals surface area contributed by atoms with Crippen LogP contribution in [0.5, 0.6) is 5.75 Å². The third-order valence-corrected chi connectivity index (χ3v) is 8.36. The summed E-state index contributed by atoms with van der Waals surface area (Å²) in [5.41, 5.74) is 0.856. The highest BCUT2D eigenvalue weighted by Crippen LogP contribution is 2.26. The number of anilines is 1. The number of hydrogen-bond acceptors (Lipinski definition) is 5. The molecule has 0 aliphatic carbocycles. The summed E-state index contributed by atoms with van der Waals surface area (Å²) in [5.74, 6) is -1.00. The fraction of sp³-hybridized carbons (Fsp3) is 0.310. The second kappa shape index (κ2) is 14.3. The van der Waals surface area contributed by atoms with Crippen LogP contribution in [-0.2, 0) is 26.2 Å². The van der Waals surface area contributed by atoms with Crippen LogP contribution in [0.1, 0.15) is 32.8 Å². The first kappa shape index (κ1) is 31.1. The minimum atomic E-state index is -4.27. The fourth-order valence-electron chi connectivity index (χ4n) is 3.95. The number of hydrogen-bond donors (Lipinski definition) is 1.